The van der Waals surface area contributed by atoms with E-state index in [-0.39, 0.29) is 17.6 Å². The Morgan fingerprint density at radius 1 is 1.10 bits per heavy atom. The Labute approximate surface area is 114 Å². The fourth-order valence-electron chi connectivity index (χ4n) is 2.99. The summed E-state index contributed by atoms with van der Waals surface area (Å²) >= 11 is 0. The largest absolute Gasteiger partial charge is 0.478 e. The van der Waals surface area contributed by atoms with E-state index in [2.05, 4.69) is 0 Å². The standard InChI is InChI=1S/C15H13NO4/c1-16-10-5-3-2-4-8(10)12-11(16)7-6-9(14(17)18)13(12)15(19)20/h2-5H,6-7H2,1H3,(H,17,18)(H,19,20). The fourth-order valence-corrected chi connectivity index (χ4v) is 2.99. The molecule has 2 N–H and O–H groups in total. The van der Waals surface area contributed by atoms with Crippen LogP contribution in [0.3, 0.4) is 0 Å². The van der Waals surface area contributed by atoms with Crippen molar-refractivity contribution in [2.24, 2.45) is 7.05 Å². The van der Waals surface area contributed by atoms with Crippen molar-refractivity contribution in [3.05, 3.63) is 41.1 Å². The Bertz CT molecular complexity index is 783. The van der Waals surface area contributed by atoms with Crippen molar-refractivity contribution in [1.82, 2.24) is 4.57 Å². The van der Waals surface area contributed by atoms with E-state index in [1.807, 2.05) is 35.9 Å². The molecule has 0 aliphatic heterocycles. The fraction of sp³-hybridized carbons (Fsp3) is 0.200. The summed E-state index contributed by atoms with van der Waals surface area (Å²) in [4.78, 5) is 22.8. The van der Waals surface area contributed by atoms with E-state index in [1.165, 1.54) is 0 Å². The number of para-hydroxylation sites is 1. The van der Waals surface area contributed by atoms with Crippen LogP contribution in [0.2, 0.25) is 0 Å². The number of hydrogen-bond acceptors (Lipinski definition) is 2. The van der Waals surface area contributed by atoms with Gasteiger partial charge in [-0.15, -0.1) is 0 Å². The SMILES string of the molecule is Cn1c2c(c3ccccc31)C(C(=O)O)=C(C(=O)O)CC2. The van der Waals surface area contributed by atoms with E-state index >= 15 is 0 Å². The Balaban J connectivity index is 2.45. The molecule has 5 nitrogen and oxygen atoms in total. The minimum atomic E-state index is -1.18. The molecule has 0 amide bonds. The number of aryl methyl sites for hydroxylation is 1. The number of aromatic nitrogens is 1. The third-order valence-electron chi connectivity index (χ3n) is 3.86. The van der Waals surface area contributed by atoms with E-state index in [0.717, 1.165) is 16.6 Å². The Morgan fingerprint density at radius 2 is 1.80 bits per heavy atom. The van der Waals surface area contributed by atoms with Crippen molar-refractivity contribution < 1.29 is 19.8 Å². The summed E-state index contributed by atoms with van der Waals surface area (Å²) in [5.74, 6) is -2.33. The molecule has 0 saturated heterocycles. The predicted octanol–water partition coefficient (Wildman–Crippen LogP) is 2.05. The summed E-state index contributed by atoms with van der Waals surface area (Å²) in [6.45, 7) is 0. The molecule has 0 unspecified atom stereocenters. The average Bonchev–Trinajstić information content (AvgIpc) is 2.72. The molecule has 3 rings (SSSR count). The third kappa shape index (κ3) is 1.56. The molecule has 0 fully saturated rings. The Kier molecular flexibility index (Phi) is 2.64. The number of carboxylic acids is 2. The molecule has 0 saturated carbocycles. The molecule has 0 bridgehead atoms. The van der Waals surface area contributed by atoms with Crippen LogP contribution in [0.25, 0.3) is 16.5 Å². The monoisotopic (exact) mass is 271 g/mol. The van der Waals surface area contributed by atoms with Gasteiger partial charge in [0.2, 0.25) is 0 Å². The molecular formula is C15H13NO4. The minimum absolute atomic E-state index is 0.0126. The lowest BCUT2D eigenvalue weighted by molar-refractivity contribution is -0.134. The van der Waals surface area contributed by atoms with Crippen LogP contribution in [0.15, 0.2) is 29.8 Å². The second-order valence-corrected chi connectivity index (χ2v) is 4.86. The lowest BCUT2D eigenvalue weighted by Gasteiger charge is -2.17. The van der Waals surface area contributed by atoms with Crippen LogP contribution in [0.1, 0.15) is 17.7 Å². The number of rotatable bonds is 2. The normalized spacial score (nSPS) is 14.4. The zero-order valence-electron chi connectivity index (χ0n) is 10.9. The molecule has 0 radical (unpaired) electrons. The zero-order valence-corrected chi connectivity index (χ0v) is 10.9. The van der Waals surface area contributed by atoms with Crippen LogP contribution in [-0.2, 0) is 23.1 Å². The summed E-state index contributed by atoms with van der Waals surface area (Å²) < 4.78 is 1.95. The highest BCUT2D eigenvalue weighted by molar-refractivity contribution is 6.25. The van der Waals surface area contributed by atoms with Gasteiger partial charge in [-0.3, -0.25) is 0 Å². The molecule has 102 valence electrons. The number of hydrogen-bond donors (Lipinski definition) is 2. The molecule has 20 heavy (non-hydrogen) atoms. The minimum Gasteiger partial charge on any atom is -0.478 e. The van der Waals surface area contributed by atoms with Crippen LogP contribution >= 0.6 is 0 Å². The van der Waals surface area contributed by atoms with Gasteiger partial charge in [0.15, 0.2) is 0 Å². The number of nitrogens with zero attached hydrogens (tertiary/aromatic N) is 1. The van der Waals surface area contributed by atoms with Crippen LogP contribution in [0, 0.1) is 0 Å². The number of fused-ring (bicyclic) bond motifs is 3. The molecule has 1 heterocycles. The first-order valence-corrected chi connectivity index (χ1v) is 6.28. The lowest BCUT2D eigenvalue weighted by Crippen LogP contribution is -2.17. The maximum Gasteiger partial charge on any atom is 0.336 e. The van der Waals surface area contributed by atoms with E-state index in [0.29, 0.717) is 12.0 Å². The van der Waals surface area contributed by atoms with E-state index < -0.39 is 11.9 Å². The van der Waals surface area contributed by atoms with Crippen LogP contribution in [-0.4, -0.2) is 26.7 Å². The second-order valence-electron chi connectivity index (χ2n) is 4.86. The molecule has 2 aromatic rings. The summed E-state index contributed by atoms with van der Waals surface area (Å²) in [6, 6.07) is 7.46. The first-order chi connectivity index (χ1) is 9.52. The smallest absolute Gasteiger partial charge is 0.336 e. The molecular weight excluding hydrogens is 258 g/mol. The molecule has 1 aromatic carbocycles. The Morgan fingerprint density at radius 3 is 2.45 bits per heavy atom. The Hall–Kier alpha value is -2.56. The van der Waals surface area contributed by atoms with Gasteiger partial charge in [-0.25, -0.2) is 9.59 Å². The molecule has 0 atom stereocenters. The lowest BCUT2D eigenvalue weighted by atomic mass is 9.88. The number of carboxylic acid groups (broad SMARTS) is 2. The van der Waals surface area contributed by atoms with Crippen molar-refractivity contribution in [1.29, 1.82) is 0 Å². The summed E-state index contributed by atoms with van der Waals surface area (Å²) in [5, 5.41) is 19.5. The van der Waals surface area contributed by atoms with E-state index in [4.69, 9.17) is 0 Å². The second kappa shape index (κ2) is 4.23. The van der Waals surface area contributed by atoms with Gasteiger partial charge in [-0.2, -0.15) is 0 Å². The summed E-state index contributed by atoms with van der Waals surface area (Å²) in [5.41, 5.74) is 2.27. The molecule has 1 aromatic heterocycles. The first kappa shape index (κ1) is 12.5. The number of aliphatic carboxylic acids is 2. The molecule has 5 heteroatoms. The van der Waals surface area contributed by atoms with Gasteiger partial charge in [0.05, 0.1) is 11.1 Å². The quantitative estimate of drug-likeness (QED) is 0.876. The molecule has 1 aliphatic carbocycles. The van der Waals surface area contributed by atoms with E-state index in [1.54, 1.807) is 0 Å². The topological polar surface area (TPSA) is 79.5 Å². The van der Waals surface area contributed by atoms with Gasteiger partial charge < -0.3 is 14.8 Å². The number of benzene rings is 1. The van der Waals surface area contributed by atoms with Gasteiger partial charge in [-0.1, -0.05) is 18.2 Å². The third-order valence-corrected chi connectivity index (χ3v) is 3.86. The maximum atomic E-state index is 11.6. The average molecular weight is 271 g/mol. The van der Waals surface area contributed by atoms with Crippen LogP contribution in [0.5, 0.6) is 0 Å². The van der Waals surface area contributed by atoms with Gasteiger partial charge in [0, 0.05) is 29.2 Å². The zero-order chi connectivity index (χ0) is 14.4. The van der Waals surface area contributed by atoms with Crippen molar-refractivity contribution in [3.8, 4) is 0 Å². The van der Waals surface area contributed by atoms with Crippen molar-refractivity contribution >= 4 is 28.4 Å². The highest BCUT2D eigenvalue weighted by Gasteiger charge is 2.31. The van der Waals surface area contributed by atoms with Gasteiger partial charge in [0.1, 0.15) is 0 Å². The summed E-state index contributed by atoms with van der Waals surface area (Å²) in [6.07, 6.45) is 0.785. The van der Waals surface area contributed by atoms with Crippen molar-refractivity contribution in [2.75, 3.05) is 0 Å². The van der Waals surface area contributed by atoms with Crippen LogP contribution in [0.4, 0.5) is 0 Å². The maximum absolute atomic E-state index is 11.6. The van der Waals surface area contributed by atoms with Crippen molar-refractivity contribution in [2.45, 2.75) is 12.8 Å². The number of carbonyl (C=O) groups is 2. The van der Waals surface area contributed by atoms with E-state index in [9.17, 15) is 19.8 Å². The van der Waals surface area contributed by atoms with Crippen molar-refractivity contribution in [3.63, 3.8) is 0 Å². The highest BCUT2D eigenvalue weighted by atomic mass is 16.4. The molecule has 1 aliphatic rings. The van der Waals surface area contributed by atoms with Gasteiger partial charge >= 0.3 is 11.9 Å². The predicted molar refractivity (Wildman–Crippen MR) is 73.4 cm³/mol. The summed E-state index contributed by atoms with van der Waals surface area (Å²) in [7, 11) is 1.88. The van der Waals surface area contributed by atoms with Crippen LogP contribution < -0.4 is 0 Å². The van der Waals surface area contributed by atoms with Gasteiger partial charge in [-0.05, 0) is 18.9 Å². The molecule has 0 spiro atoms. The highest BCUT2D eigenvalue weighted by Crippen LogP contribution is 2.38. The first-order valence-electron chi connectivity index (χ1n) is 6.28. The van der Waals surface area contributed by atoms with Gasteiger partial charge in [0.25, 0.3) is 0 Å².